The van der Waals surface area contributed by atoms with E-state index in [4.69, 9.17) is 4.74 Å². The molecule has 10 heteroatoms. The van der Waals surface area contributed by atoms with Crippen LogP contribution in [0.3, 0.4) is 0 Å². The summed E-state index contributed by atoms with van der Waals surface area (Å²) in [7, 11) is 0. The van der Waals surface area contributed by atoms with Gasteiger partial charge in [0.15, 0.2) is 5.96 Å². The molecule has 1 heterocycles. The molecular weight excluding hydrogens is 382 g/mol. The molecule has 2 rings (SSSR count). The average molecular weight is 407 g/mol. The second-order valence-electron chi connectivity index (χ2n) is 5.98. The van der Waals surface area contributed by atoms with Gasteiger partial charge in [-0.1, -0.05) is 0 Å². The Hall–Kier alpha value is -2.72. The van der Waals surface area contributed by atoms with E-state index in [1.807, 2.05) is 20.0 Å². The van der Waals surface area contributed by atoms with Crippen molar-refractivity contribution in [1.82, 2.24) is 15.6 Å². The summed E-state index contributed by atoms with van der Waals surface area (Å²) in [5.41, 5.74) is -0.00763. The lowest BCUT2D eigenvalue weighted by Gasteiger charge is -2.13. The maximum absolute atomic E-state index is 10.6. The van der Waals surface area contributed by atoms with Gasteiger partial charge in [0.1, 0.15) is 18.5 Å². The third-order valence-corrected chi connectivity index (χ3v) is 4.57. The number of nitrogens with zero attached hydrogens (tertiary/aromatic N) is 3. The number of aliphatic hydroxyl groups is 1. The topological polar surface area (TPSA) is 122 Å². The van der Waals surface area contributed by atoms with Crippen LogP contribution in [0.25, 0.3) is 0 Å². The highest BCUT2D eigenvalue weighted by Gasteiger charge is 2.08. The first-order chi connectivity index (χ1) is 13.5. The Labute approximate surface area is 167 Å². The molecule has 1 aromatic carbocycles. The van der Waals surface area contributed by atoms with E-state index in [0.717, 1.165) is 11.4 Å². The molecule has 3 N–H and O–H groups in total. The molecule has 1 aromatic heterocycles. The first-order valence-electron chi connectivity index (χ1n) is 8.96. The highest BCUT2D eigenvalue weighted by atomic mass is 32.1. The summed E-state index contributed by atoms with van der Waals surface area (Å²) in [5.74, 6) is 1.07. The number of aliphatic imine (C=N–C) groups is 1. The number of rotatable bonds is 10. The zero-order chi connectivity index (χ0) is 20.4. The maximum Gasteiger partial charge on any atom is 0.269 e. The van der Waals surface area contributed by atoms with E-state index in [1.165, 1.54) is 29.1 Å². The van der Waals surface area contributed by atoms with Crippen LogP contribution >= 0.6 is 11.3 Å². The smallest absolute Gasteiger partial charge is 0.269 e. The zero-order valence-electron chi connectivity index (χ0n) is 15.9. The predicted octanol–water partition coefficient (Wildman–Crippen LogP) is 1.90. The molecular formula is C18H25N5O4S. The largest absolute Gasteiger partial charge is 0.491 e. The number of nitro benzene ring substituents is 1. The van der Waals surface area contributed by atoms with Crippen molar-refractivity contribution in [3.8, 4) is 5.75 Å². The van der Waals surface area contributed by atoms with Crippen molar-refractivity contribution < 1.29 is 14.8 Å². The molecule has 0 amide bonds. The third-order valence-electron chi connectivity index (χ3n) is 3.59. The molecule has 0 spiro atoms. The molecule has 1 atom stereocenters. The average Bonchev–Trinajstić information content (AvgIpc) is 3.09. The SMILES string of the molecule is CCNC(=NCC(O)COc1ccc([N+](=O)[O-])cc1)NCCc1ncc(C)s1. The molecule has 1 unspecified atom stereocenters. The van der Waals surface area contributed by atoms with E-state index in [1.54, 1.807) is 11.3 Å². The van der Waals surface area contributed by atoms with Crippen LogP contribution in [-0.4, -0.2) is 53.3 Å². The van der Waals surface area contributed by atoms with E-state index >= 15 is 0 Å². The highest BCUT2D eigenvalue weighted by molar-refractivity contribution is 7.11. The molecule has 0 saturated carbocycles. The van der Waals surface area contributed by atoms with Crippen LogP contribution in [0.2, 0.25) is 0 Å². The Balaban J connectivity index is 1.76. The van der Waals surface area contributed by atoms with Gasteiger partial charge in [0.25, 0.3) is 5.69 Å². The van der Waals surface area contributed by atoms with Crippen molar-refractivity contribution in [2.24, 2.45) is 4.99 Å². The van der Waals surface area contributed by atoms with Crippen molar-refractivity contribution in [1.29, 1.82) is 0 Å². The summed E-state index contributed by atoms with van der Waals surface area (Å²) in [6, 6.07) is 5.72. The molecule has 0 fully saturated rings. The van der Waals surface area contributed by atoms with Gasteiger partial charge in [-0.05, 0) is 26.0 Å². The summed E-state index contributed by atoms with van der Waals surface area (Å²) >= 11 is 1.67. The molecule has 2 aromatic rings. The number of hydrogen-bond donors (Lipinski definition) is 3. The zero-order valence-corrected chi connectivity index (χ0v) is 16.7. The maximum atomic E-state index is 10.6. The summed E-state index contributed by atoms with van der Waals surface area (Å²) in [4.78, 5) is 20.0. The van der Waals surface area contributed by atoms with E-state index in [-0.39, 0.29) is 18.8 Å². The third kappa shape index (κ3) is 7.49. The number of hydrogen-bond acceptors (Lipinski definition) is 7. The Morgan fingerprint density at radius 2 is 2.14 bits per heavy atom. The van der Waals surface area contributed by atoms with E-state index in [9.17, 15) is 15.2 Å². The van der Waals surface area contributed by atoms with Gasteiger partial charge in [-0.3, -0.25) is 15.1 Å². The van der Waals surface area contributed by atoms with Crippen LogP contribution in [0.4, 0.5) is 5.69 Å². The molecule has 0 aliphatic carbocycles. The molecule has 152 valence electrons. The van der Waals surface area contributed by atoms with Crippen LogP contribution in [0.5, 0.6) is 5.75 Å². The number of thiazole rings is 1. The molecule has 0 radical (unpaired) electrons. The van der Waals surface area contributed by atoms with Gasteiger partial charge in [-0.25, -0.2) is 4.98 Å². The number of guanidine groups is 1. The fourth-order valence-corrected chi connectivity index (χ4v) is 3.04. The standard InChI is InChI=1S/C18H25N5O4S/c1-3-19-18(20-9-8-17-21-10-13(2)28-17)22-11-15(24)12-27-16-6-4-14(5-7-16)23(25)26/h4-7,10,15,24H,3,8-9,11-12H2,1-2H3,(H2,19,20,22). The lowest BCUT2D eigenvalue weighted by atomic mass is 10.3. The number of ether oxygens (including phenoxy) is 1. The molecule has 9 nitrogen and oxygen atoms in total. The van der Waals surface area contributed by atoms with Crippen LogP contribution in [0.1, 0.15) is 16.8 Å². The monoisotopic (exact) mass is 407 g/mol. The van der Waals surface area contributed by atoms with Gasteiger partial charge in [-0.15, -0.1) is 11.3 Å². The number of aliphatic hydroxyl groups excluding tert-OH is 1. The number of non-ortho nitro benzene ring substituents is 1. The van der Waals surface area contributed by atoms with E-state index in [0.29, 0.717) is 24.8 Å². The van der Waals surface area contributed by atoms with Crippen LogP contribution in [0, 0.1) is 17.0 Å². The lowest BCUT2D eigenvalue weighted by molar-refractivity contribution is -0.384. The van der Waals surface area contributed by atoms with Crippen LogP contribution < -0.4 is 15.4 Å². The minimum Gasteiger partial charge on any atom is -0.491 e. The van der Waals surface area contributed by atoms with Gasteiger partial charge in [0.2, 0.25) is 0 Å². The van der Waals surface area contributed by atoms with Gasteiger partial charge in [0.05, 0.1) is 16.5 Å². The Morgan fingerprint density at radius 1 is 1.39 bits per heavy atom. The fourth-order valence-electron chi connectivity index (χ4n) is 2.25. The Kier molecular flexibility index (Phi) is 8.63. The van der Waals surface area contributed by atoms with Gasteiger partial charge in [0, 0.05) is 42.7 Å². The number of aromatic nitrogens is 1. The van der Waals surface area contributed by atoms with Crippen molar-refractivity contribution in [3.63, 3.8) is 0 Å². The molecule has 0 aliphatic rings. The molecule has 0 aliphatic heterocycles. The highest BCUT2D eigenvalue weighted by Crippen LogP contribution is 2.17. The first-order valence-corrected chi connectivity index (χ1v) is 9.78. The second kappa shape index (κ2) is 11.2. The summed E-state index contributed by atoms with van der Waals surface area (Å²) in [5, 5.41) is 28.1. The lowest BCUT2D eigenvalue weighted by Crippen LogP contribution is -2.39. The second-order valence-corrected chi connectivity index (χ2v) is 7.30. The fraction of sp³-hybridized carbons (Fsp3) is 0.444. The normalized spacial score (nSPS) is 12.5. The van der Waals surface area contributed by atoms with Gasteiger partial charge in [-0.2, -0.15) is 0 Å². The van der Waals surface area contributed by atoms with E-state index in [2.05, 4.69) is 20.6 Å². The van der Waals surface area contributed by atoms with Crippen LogP contribution in [0.15, 0.2) is 35.5 Å². The molecule has 0 saturated heterocycles. The number of aryl methyl sites for hydroxylation is 1. The number of nitro groups is 1. The van der Waals surface area contributed by atoms with Crippen molar-refractivity contribution >= 4 is 23.0 Å². The van der Waals surface area contributed by atoms with Gasteiger partial charge < -0.3 is 20.5 Å². The van der Waals surface area contributed by atoms with Crippen molar-refractivity contribution in [3.05, 3.63) is 50.5 Å². The minimum atomic E-state index is -0.799. The first kappa shape index (κ1) is 21.6. The summed E-state index contributed by atoms with van der Waals surface area (Å²) < 4.78 is 5.45. The summed E-state index contributed by atoms with van der Waals surface area (Å²) in [6.07, 6.45) is 1.86. The van der Waals surface area contributed by atoms with Gasteiger partial charge >= 0.3 is 0 Å². The van der Waals surface area contributed by atoms with Crippen LogP contribution in [-0.2, 0) is 6.42 Å². The summed E-state index contributed by atoms with van der Waals surface area (Å²) in [6.45, 7) is 5.60. The quantitative estimate of drug-likeness (QED) is 0.238. The molecule has 0 bridgehead atoms. The molecule has 28 heavy (non-hydrogen) atoms. The number of nitrogens with one attached hydrogen (secondary N) is 2. The number of benzene rings is 1. The van der Waals surface area contributed by atoms with E-state index < -0.39 is 11.0 Å². The van der Waals surface area contributed by atoms with Crippen molar-refractivity contribution in [2.45, 2.75) is 26.4 Å². The minimum absolute atomic E-state index is 0.00763. The van der Waals surface area contributed by atoms with Crippen molar-refractivity contribution in [2.75, 3.05) is 26.2 Å². The predicted molar refractivity (Wildman–Crippen MR) is 109 cm³/mol. The Morgan fingerprint density at radius 3 is 2.75 bits per heavy atom. The Bertz CT molecular complexity index is 779.